The summed E-state index contributed by atoms with van der Waals surface area (Å²) in [4.78, 5) is 25.5. The van der Waals surface area contributed by atoms with Crippen LogP contribution in [0.25, 0.3) is 0 Å². The molecule has 1 N–H and O–H groups in total. The van der Waals surface area contributed by atoms with Crippen LogP contribution in [0, 0.1) is 5.82 Å². The minimum Gasteiger partial charge on any atom is -0.493 e. The van der Waals surface area contributed by atoms with Crippen LogP contribution in [0.5, 0.6) is 5.75 Å². The maximum atomic E-state index is 13.0. The van der Waals surface area contributed by atoms with E-state index in [0.29, 0.717) is 30.8 Å². The zero-order chi connectivity index (χ0) is 17.3. The molecule has 1 heterocycles. The molecule has 0 aromatic heterocycles. The van der Waals surface area contributed by atoms with Crippen LogP contribution in [-0.2, 0) is 13.1 Å². The minimum absolute atomic E-state index is 0.0482. The molecule has 1 aliphatic rings. The highest BCUT2D eigenvalue weighted by Crippen LogP contribution is 2.31. The number of fused-ring (bicyclic) bond motifs is 1. The summed E-state index contributed by atoms with van der Waals surface area (Å²) in [5, 5.41) is 9.30. The highest BCUT2D eigenvalue weighted by atomic mass is 19.1. The minimum atomic E-state index is -1.09. The Morgan fingerprint density at radius 3 is 2.62 bits per heavy atom. The van der Waals surface area contributed by atoms with Crippen molar-refractivity contribution in [1.82, 2.24) is 4.90 Å². The first-order valence-electron chi connectivity index (χ1n) is 7.56. The maximum Gasteiger partial charge on any atom is 0.339 e. The average Bonchev–Trinajstić information content (AvgIpc) is 2.85. The summed E-state index contributed by atoms with van der Waals surface area (Å²) in [7, 11) is 0. The van der Waals surface area contributed by atoms with Crippen LogP contribution in [0.3, 0.4) is 0 Å². The fourth-order valence-corrected chi connectivity index (χ4v) is 2.78. The first kappa shape index (κ1) is 16.0. The van der Waals surface area contributed by atoms with Crippen molar-refractivity contribution in [2.45, 2.75) is 20.0 Å². The number of halogens is 1. The van der Waals surface area contributed by atoms with Gasteiger partial charge in [-0.2, -0.15) is 0 Å². The van der Waals surface area contributed by atoms with Gasteiger partial charge in [-0.3, -0.25) is 4.79 Å². The van der Waals surface area contributed by atoms with Crippen LogP contribution in [0.15, 0.2) is 36.4 Å². The standard InChI is InChI=1S/C18H16FNO4/c1-2-24-16-8-14-12(7-15(16)18(22)23)10-20(17(14)21)9-11-3-5-13(19)6-4-11/h3-8H,2,9-10H2,1H3,(H,22,23). The SMILES string of the molecule is CCOc1cc2c(cc1C(=O)O)CN(Cc1ccc(F)cc1)C2=O. The molecule has 2 aromatic rings. The summed E-state index contributed by atoms with van der Waals surface area (Å²) in [6.07, 6.45) is 0. The quantitative estimate of drug-likeness (QED) is 0.915. The van der Waals surface area contributed by atoms with E-state index in [1.165, 1.54) is 24.3 Å². The number of ether oxygens (including phenoxy) is 1. The molecule has 5 nitrogen and oxygen atoms in total. The van der Waals surface area contributed by atoms with E-state index in [-0.39, 0.29) is 23.0 Å². The number of carboxylic acid groups (broad SMARTS) is 1. The molecule has 6 heteroatoms. The molecule has 0 spiro atoms. The van der Waals surface area contributed by atoms with Gasteiger partial charge in [0.15, 0.2) is 0 Å². The summed E-state index contributed by atoms with van der Waals surface area (Å²) in [5.41, 5.74) is 1.96. The maximum absolute atomic E-state index is 13.0. The Balaban J connectivity index is 1.89. The van der Waals surface area contributed by atoms with E-state index in [1.807, 2.05) is 0 Å². The third-order valence-electron chi connectivity index (χ3n) is 3.90. The van der Waals surface area contributed by atoms with E-state index in [9.17, 15) is 19.1 Å². The Labute approximate surface area is 138 Å². The highest BCUT2D eigenvalue weighted by Gasteiger charge is 2.30. The summed E-state index contributed by atoms with van der Waals surface area (Å²) in [6.45, 7) is 2.71. The molecule has 124 valence electrons. The molecular formula is C18H16FNO4. The van der Waals surface area contributed by atoms with Crippen LogP contribution in [0.2, 0.25) is 0 Å². The van der Waals surface area contributed by atoms with Crippen molar-refractivity contribution in [3.8, 4) is 5.75 Å². The Bertz CT molecular complexity index is 801. The van der Waals surface area contributed by atoms with E-state index < -0.39 is 5.97 Å². The topological polar surface area (TPSA) is 66.8 Å². The van der Waals surface area contributed by atoms with Crippen LogP contribution in [0.4, 0.5) is 4.39 Å². The molecule has 1 amide bonds. The largest absolute Gasteiger partial charge is 0.493 e. The predicted molar refractivity (Wildman–Crippen MR) is 84.5 cm³/mol. The molecule has 0 saturated carbocycles. The molecule has 2 aromatic carbocycles. The second kappa shape index (κ2) is 6.31. The number of benzene rings is 2. The Kier molecular flexibility index (Phi) is 4.20. The summed E-state index contributed by atoms with van der Waals surface area (Å²) < 4.78 is 18.3. The molecular weight excluding hydrogens is 313 g/mol. The van der Waals surface area contributed by atoms with E-state index in [2.05, 4.69) is 0 Å². The number of carbonyl (C=O) groups is 2. The summed E-state index contributed by atoms with van der Waals surface area (Å²) in [5.74, 6) is -1.42. The second-order valence-corrected chi connectivity index (χ2v) is 5.53. The number of aromatic carboxylic acids is 1. The molecule has 0 atom stereocenters. The lowest BCUT2D eigenvalue weighted by Gasteiger charge is -2.15. The number of hydrogen-bond acceptors (Lipinski definition) is 3. The fraction of sp³-hybridized carbons (Fsp3) is 0.222. The molecule has 0 saturated heterocycles. The first-order valence-corrected chi connectivity index (χ1v) is 7.56. The molecule has 1 aliphatic heterocycles. The fourth-order valence-electron chi connectivity index (χ4n) is 2.78. The van der Waals surface area contributed by atoms with Crippen molar-refractivity contribution in [1.29, 1.82) is 0 Å². The van der Waals surface area contributed by atoms with Gasteiger partial charge in [-0.15, -0.1) is 0 Å². The Morgan fingerprint density at radius 1 is 1.29 bits per heavy atom. The molecule has 0 bridgehead atoms. The molecule has 24 heavy (non-hydrogen) atoms. The number of carbonyl (C=O) groups excluding carboxylic acids is 1. The number of carboxylic acids is 1. The van der Waals surface area contributed by atoms with Gasteiger partial charge in [0, 0.05) is 18.7 Å². The normalized spacial score (nSPS) is 13.1. The third kappa shape index (κ3) is 2.95. The smallest absolute Gasteiger partial charge is 0.339 e. The lowest BCUT2D eigenvalue weighted by molar-refractivity contribution is 0.0691. The zero-order valence-corrected chi connectivity index (χ0v) is 13.1. The van der Waals surface area contributed by atoms with E-state index in [4.69, 9.17) is 4.74 Å². The monoisotopic (exact) mass is 329 g/mol. The number of nitrogens with zero attached hydrogens (tertiary/aromatic N) is 1. The molecule has 0 fully saturated rings. The van der Waals surface area contributed by atoms with Crippen LogP contribution in [-0.4, -0.2) is 28.5 Å². The van der Waals surface area contributed by atoms with E-state index in [1.54, 1.807) is 24.0 Å². The lowest BCUT2D eigenvalue weighted by atomic mass is 10.0. The van der Waals surface area contributed by atoms with Crippen molar-refractivity contribution in [3.63, 3.8) is 0 Å². The Hall–Kier alpha value is -2.89. The van der Waals surface area contributed by atoms with Gasteiger partial charge in [-0.25, -0.2) is 9.18 Å². The number of amides is 1. The van der Waals surface area contributed by atoms with Crippen LogP contribution < -0.4 is 4.74 Å². The first-order chi connectivity index (χ1) is 11.5. The van der Waals surface area contributed by atoms with Gasteiger partial charge in [-0.1, -0.05) is 12.1 Å². The van der Waals surface area contributed by atoms with Gasteiger partial charge >= 0.3 is 5.97 Å². The highest BCUT2D eigenvalue weighted by molar-refractivity contribution is 6.01. The van der Waals surface area contributed by atoms with Gasteiger partial charge in [0.25, 0.3) is 5.91 Å². The van der Waals surface area contributed by atoms with Crippen molar-refractivity contribution < 1.29 is 23.8 Å². The van der Waals surface area contributed by atoms with Crippen LogP contribution in [0.1, 0.15) is 38.8 Å². The van der Waals surface area contributed by atoms with Crippen molar-refractivity contribution >= 4 is 11.9 Å². The van der Waals surface area contributed by atoms with Gasteiger partial charge in [0.2, 0.25) is 0 Å². The van der Waals surface area contributed by atoms with Gasteiger partial charge in [0.1, 0.15) is 17.1 Å². The van der Waals surface area contributed by atoms with Crippen molar-refractivity contribution in [2.75, 3.05) is 6.61 Å². The number of rotatable bonds is 5. The predicted octanol–water partition coefficient (Wildman–Crippen LogP) is 3.08. The molecule has 3 rings (SSSR count). The number of hydrogen-bond donors (Lipinski definition) is 1. The average molecular weight is 329 g/mol. The molecule has 0 radical (unpaired) electrons. The van der Waals surface area contributed by atoms with Crippen LogP contribution >= 0.6 is 0 Å². The summed E-state index contributed by atoms with van der Waals surface area (Å²) in [6, 6.07) is 8.93. The van der Waals surface area contributed by atoms with Gasteiger partial charge < -0.3 is 14.7 Å². The zero-order valence-electron chi connectivity index (χ0n) is 13.1. The van der Waals surface area contributed by atoms with Crippen molar-refractivity contribution in [3.05, 3.63) is 64.5 Å². The second-order valence-electron chi connectivity index (χ2n) is 5.53. The third-order valence-corrected chi connectivity index (χ3v) is 3.90. The van der Waals surface area contributed by atoms with E-state index >= 15 is 0 Å². The molecule has 0 unspecified atom stereocenters. The molecule has 0 aliphatic carbocycles. The summed E-state index contributed by atoms with van der Waals surface area (Å²) >= 11 is 0. The van der Waals surface area contributed by atoms with E-state index in [0.717, 1.165) is 5.56 Å². The van der Waals surface area contributed by atoms with Gasteiger partial charge in [-0.05, 0) is 42.3 Å². The van der Waals surface area contributed by atoms with Crippen molar-refractivity contribution in [2.24, 2.45) is 0 Å². The lowest BCUT2D eigenvalue weighted by Crippen LogP contribution is -2.23. The Morgan fingerprint density at radius 2 is 2.00 bits per heavy atom. The van der Waals surface area contributed by atoms with Gasteiger partial charge in [0.05, 0.1) is 6.61 Å².